The van der Waals surface area contributed by atoms with Gasteiger partial charge in [-0.05, 0) is 35.9 Å². The van der Waals surface area contributed by atoms with Crippen molar-refractivity contribution in [3.63, 3.8) is 0 Å². The van der Waals surface area contributed by atoms with E-state index in [9.17, 15) is 23.1 Å². The predicted octanol–water partition coefficient (Wildman–Crippen LogP) is 4.13. The molecule has 0 saturated heterocycles. The molecular weight excluding hydrogens is 337 g/mol. The summed E-state index contributed by atoms with van der Waals surface area (Å²) in [6.07, 6.45) is -4.58. The van der Waals surface area contributed by atoms with Crippen LogP contribution in [0.15, 0.2) is 36.4 Å². The van der Waals surface area contributed by atoms with Gasteiger partial charge in [-0.25, -0.2) is 4.79 Å². The van der Waals surface area contributed by atoms with Crippen LogP contribution < -0.4 is 0 Å². The first-order chi connectivity index (χ1) is 11.7. The highest BCUT2D eigenvalue weighted by molar-refractivity contribution is 5.98. The number of nitrogens with zero attached hydrogens (tertiary/aromatic N) is 1. The Morgan fingerprint density at radius 1 is 1.16 bits per heavy atom. The van der Waals surface area contributed by atoms with Gasteiger partial charge in [-0.1, -0.05) is 6.07 Å². The molecule has 0 atom stereocenters. The van der Waals surface area contributed by atoms with E-state index >= 15 is 0 Å². The summed E-state index contributed by atoms with van der Waals surface area (Å²) in [5.41, 5.74) is -0.507. The molecule has 0 aliphatic carbocycles. The number of hydrogen-bond donors (Lipinski definition) is 3. The molecule has 0 saturated carbocycles. The fraction of sp³-hybridized carbons (Fsp3) is 0.0588. The Balaban J connectivity index is 2.28. The molecule has 0 unspecified atom stereocenters. The van der Waals surface area contributed by atoms with Crippen LogP contribution >= 0.6 is 0 Å². The van der Waals surface area contributed by atoms with E-state index in [1.165, 1.54) is 18.2 Å². The lowest BCUT2D eigenvalue weighted by Gasteiger charge is -2.07. The predicted molar refractivity (Wildman–Crippen MR) is 82.1 cm³/mol. The van der Waals surface area contributed by atoms with Gasteiger partial charge in [-0.3, -0.25) is 0 Å². The van der Waals surface area contributed by atoms with Gasteiger partial charge in [0.2, 0.25) is 0 Å². The summed E-state index contributed by atoms with van der Waals surface area (Å²) in [4.78, 5) is 13.2. The number of aromatic amines is 1. The van der Waals surface area contributed by atoms with Gasteiger partial charge < -0.3 is 15.2 Å². The second-order valence-corrected chi connectivity index (χ2v) is 5.32. The second-order valence-electron chi connectivity index (χ2n) is 5.32. The van der Waals surface area contributed by atoms with Crippen LogP contribution in [0.5, 0.6) is 5.75 Å². The summed E-state index contributed by atoms with van der Waals surface area (Å²) in [6, 6.07) is 9.08. The lowest BCUT2D eigenvalue weighted by Crippen LogP contribution is -2.04. The number of benzene rings is 2. The Hall–Kier alpha value is -3.47. The number of rotatable bonds is 2. The topological polar surface area (TPSA) is 97.1 Å². The van der Waals surface area contributed by atoms with E-state index in [4.69, 9.17) is 10.4 Å². The molecule has 126 valence electrons. The minimum Gasteiger partial charge on any atom is -0.507 e. The van der Waals surface area contributed by atoms with Crippen molar-refractivity contribution in [2.75, 3.05) is 0 Å². The second kappa shape index (κ2) is 5.56. The standard InChI is InChI=1S/C17H9F3N2O3/c18-17(19,20)14-6-10-3-8(7-21)4-12(15(10)22-14)9-1-2-11(16(24)25)13(23)5-9/h1-6,22-23H,(H,24,25). The van der Waals surface area contributed by atoms with Crippen LogP contribution in [0, 0.1) is 11.3 Å². The van der Waals surface area contributed by atoms with Crippen molar-refractivity contribution in [1.82, 2.24) is 4.98 Å². The number of nitrogens with one attached hydrogen (secondary N) is 1. The fourth-order valence-corrected chi connectivity index (χ4v) is 2.57. The van der Waals surface area contributed by atoms with Crippen molar-refractivity contribution in [2.45, 2.75) is 6.18 Å². The number of aromatic hydroxyl groups is 1. The first-order valence-corrected chi connectivity index (χ1v) is 6.91. The highest BCUT2D eigenvalue weighted by Crippen LogP contribution is 2.37. The van der Waals surface area contributed by atoms with Crippen LogP contribution in [0.25, 0.3) is 22.0 Å². The fourth-order valence-electron chi connectivity index (χ4n) is 2.57. The molecule has 0 amide bonds. The molecule has 0 spiro atoms. The third-order valence-electron chi connectivity index (χ3n) is 3.70. The van der Waals surface area contributed by atoms with Crippen LogP contribution in [0.1, 0.15) is 21.6 Å². The van der Waals surface area contributed by atoms with Gasteiger partial charge in [0, 0.05) is 10.9 Å². The number of halogens is 3. The molecular formula is C17H9F3N2O3. The van der Waals surface area contributed by atoms with E-state index < -0.39 is 23.6 Å². The highest BCUT2D eigenvalue weighted by atomic mass is 19.4. The Morgan fingerprint density at radius 2 is 1.88 bits per heavy atom. The SMILES string of the molecule is N#Cc1cc(-c2ccc(C(=O)O)c(O)c2)c2[nH]c(C(F)(F)F)cc2c1. The molecule has 25 heavy (non-hydrogen) atoms. The van der Waals surface area contributed by atoms with Crippen LogP contribution in [-0.4, -0.2) is 21.2 Å². The molecule has 3 N–H and O–H groups in total. The minimum atomic E-state index is -4.58. The smallest absolute Gasteiger partial charge is 0.431 e. The van der Waals surface area contributed by atoms with Crippen LogP contribution in [0.3, 0.4) is 0 Å². The van der Waals surface area contributed by atoms with E-state index in [2.05, 4.69) is 4.98 Å². The van der Waals surface area contributed by atoms with E-state index in [1.54, 1.807) is 0 Å². The number of nitriles is 1. The Morgan fingerprint density at radius 3 is 2.44 bits per heavy atom. The minimum absolute atomic E-state index is 0.133. The van der Waals surface area contributed by atoms with Crippen molar-refractivity contribution >= 4 is 16.9 Å². The summed E-state index contributed by atoms with van der Waals surface area (Å²) in [5.74, 6) is -1.86. The maximum absolute atomic E-state index is 12.9. The monoisotopic (exact) mass is 346 g/mol. The molecule has 0 aliphatic rings. The zero-order chi connectivity index (χ0) is 18.4. The van der Waals surface area contributed by atoms with Crippen molar-refractivity contribution in [3.05, 3.63) is 53.2 Å². The molecule has 3 rings (SSSR count). The normalized spacial score (nSPS) is 11.4. The molecule has 8 heteroatoms. The summed E-state index contributed by atoms with van der Waals surface area (Å²) >= 11 is 0. The van der Waals surface area contributed by atoms with E-state index in [-0.39, 0.29) is 33.2 Å². The lowest BCUT2D eigenvalue weighted by molar-refractivity contribution is -0.140. The number of carboxylic acids is 1. The summed E-state index contributed by atoms with van der Waals surface area (Å²) in [6.45, 7) is 0. The van der Waals surface area contributed by atoms with Crippen LogP contribution in [0.2, 0.25) is 0 Å². The lowest BCUT2D eigenvalue weighted by atomic mass is 9.99. The third kappa shape index (κ3) is 2.87. The summed E-state index contributed by atoms with van der Waals surface area (Å²) in [5, 5.41) is 28.0. The molecule has 0 bridgehead atoms. The number of aromatic carboxylic acids is 1. The maximum Gasteiger partial charge on any atom is 0.431 e. The average molecular weight is 346 g/mol. The molecule has 0 fully saturated rings. The number of aromatic nitrogens is 1. The molecule has 1 heterocycles. The van der Waals surface area contributed by atoms with Crippen molar-refractivity contribution in [3.8, 4) is 22.9 Å². The third-order valence-corrected chi connectivity index (χ3v) is 3.70. The number of phenols is 1. The van der Waals surface area contributed by atoms with Crippen molar-refractivity contribution in [2.24, 2.45) is 0 Å². The number of H-pyrrole nitrogens is 1. The van der Waals surface area contributed by atoms with Gasteiger partial charge >= 0.3 is 12.1 Å². The molecule has 3 aromatic rings. The Bertz CT molecular complexity index is 1050. The molecule has 0 aliphatic heterocycles. The van der Waals surface area contributed by atoms with Gasteiger partial charge in [0.1, 0.15) is 17.0 Å². The van der Waals surface area contributed by atoms with Crippen LogP contribution in [0.4, 0.5) is 13.2 Å². The first-order valence-electron chi connectivity index (χ1n) is 6.91. The number of fused-ring (bicyclic) bond motifs is 1. The van der Waals surface area contributed by atoms with Gasteiger partial charge in [0.25, 0.3) is 0 Å². The largest absolute Gasteiger partial charge is 0.507 e. The van der Waals surface area contributed by atoms with E-state index in [0.717, 1.165) is 18.2 Å². The quantitative estimate of drug-likeness (QED) is 0.650. The van der Waals surface area contributed by atoms with Gasteiger partial charge in [0.15, 0.2) is 0 Å². The zero-order valence-electron chi connectivity index (χ0n) is 12.3. The highest BCUT2D eigenvalue weighted by Gasteiger charge is 2.33. The Labute approximate surface area is 138 Å². The first kappa shape index (κ1) is 16.4. The van der Waals surface area contributed by atoms with Gasteiger partial charge in [-0.2, -0.15) is 18.4 Å². The number of hydrogen-bond acceptors (Lipinski definition) is 3. The van der Waals surface area contributed by atoms with Crippen molar-refractivity contribution < 1.29 is 28.2 Å². The average Bonchev–Trinajstić information content (AvgIpc) is 2.97. The molecule has 2 aromatic carbocycles. The van der Waals surface area contributed by atoms with Gasteiger partial charge in [0.05, 0.1) is 17.1 Å². The Kier molecular flexibility index (Phi) is 3.64. The number of alkyl halides is 3. The van der Waals surface area contributed by atoms with Crippen molar-refractivity contribution in [1.29, 1.82) is 5.26 Å². The van der Waals surface area contributed by atoms with Gasteiger partial charge in [-0.15, -0.1) is 0 Å². The molecule has 5 nitrogen and oxygen atoms in total. The zero-order valence-corrected chi connectivity index (χ0v) is 12.3. The van der Waals surface area contributed by atoms with E-state index in [0.29, 0.717) is 0 Å². The summed E-state index contributed by atoms with van der Waals surface area (Å²) in [7, 11) is 0. The van der Waals surface area contributed by atoms with E-state index in [1.807, 2.05) is 6.07 Å². The maximum atomic E-state index is 12.9. The number of carbonyl (C=O) groups is 1. The number of carboxylic acid groups (broad SMARTS) is 1. The molecule has 1 aromatic heterocycles. The summed E-state index contributed by atoms with van der Waals surface area (Å²) < 4.78 is 38.8. The van der Waals surface area contributed by atoms with Crippen LogP contribution in [-0.2, 0) is 6.18 Å². The molecule has 0 radical (unpaired) electrons.